The Labute approximate surface area is 146 Å². The minimum absolute atomic E-state index is 0.319. The molecule has 4 heterocycles. The number of imidazole rings is 1. The van der Waals surface area contributed by atoms with Crippen LogP contribution < -0.4 is 5.32 Å². The smallest absolute Gasteiger partial charge is 0.100 e. The molecule has 1 N–H and O–H groups in total. The lowest BCUT2D eigenvalue weighted by Gasteiger charge is -2.51. The Kier molecular flexibility index (Phi) is 3.57. The van der Waals surface area contributed by atoms with Crippen molar-refractivity contribution in [2.24, 2.45) is 5.41 Å². The van der Waals surface area contributed by atoms with Crippen molar-refractivity contribution in [3.05, 3.63) is 42.5 Å². The molecule has 0 radical (unpaired) electrons. The van der Waals surface area contributed by atoms with E-state index in [2.05, 4.69) is 37.4 Å². The van der Waals surface area contributed by atoms with E-state index in [0.717, 1.165) is 62.4 Å². The molecule has 2 aromatic heterocycles. The molecule has 1 unspecified atom stereocenters. The van der Waals surface area contributed by atoms with Crippen LogP contribution in [0.2, 0.25) is 0 Å². The predicted octanol–water partition coefficient (Wildman–Crippen LogP) is 1.77. The molecule has 7 heteroatoms. The highest BCUT2D eigenvalue weighted by atomic mass is 16.5. The molecular weight excluding hydrogens is 316 g/mol. The summed E-state index contributed by atoms with van der Waals surface area (Å²) in [5.41, 5.74) is 3.56. The van der Waals surface area contributed by atoms with Crippen LogP contribution in [0.4, 0.5) is 0 Å². The molecule has 130 valence electrons. The number of ether oxygens (including phenoxy) is 1. The molecule has 0 bridgehead atoms. The highest BCUT2D eigenvalue weighted by Crippen LogP contribution is 2.47. The van der Waals surface area contributed by atoms with Gasteiger partial charge in [-0.2, -0.15) is 0 Å². The molecule has 3 aromatic rings. The number of rotatable bonds is 4. The molecule has 25 heavy (non-hydrogen) atoms. The van der Waals surface area contributed by atoms with Crippen molar-refractivity contribution in [3.63, 3.8) is 0 Å². The topological polar surface area (TPSA) is 69.8 Å². The number of aromatic nitrogens is 5. The van der Waals surface area contributed by atoms with E-state index in [0.29, 0.717) is 11.5 Å². The molecule has 2 aliphatic heterocycles. The Balaban J connectivity index is 1.29. The van der Waals surface area contributed by atoms with Gasteiger partial charge in [0.25, 0.3) is 0 Å². The summed E-state index contributed by atoms with van der Waals surface area (Å²) in [7, 11) is 0. The molecule has 1 atom stereocenters. The lowest BCUT2D eigenvalue weighted by atomic mass is 9.67. The third-order valence-corrected chi connectivity index (χ3v) is 5.71. The van der Waals surface area contributed by atoms with Gasteiger partial charge in [0.1, 0.15) is 5.69 Å². The first-order valence-corrected chi connectivity index (χ1v) is 8.95. The van der Waals surface area contributed by atoms with Gasteiger partial charge < -0.3 is 14.6 Å². The standard InChI is InChI=1S/C18H22N6O/c1-2-4-16-14(3-1)20-13-23(16)7-8-24-11-15(21-22-24)17-18(12-19-17)5-9-25-10-6-18/h1-4,11,13,17,19H,5-10,12H2. The summed E-state index contributed by atoms with van der Waals surface area (Å²) >= 11 is 0. The van der Waals surface area contributed by atoms with E-state index in [1.807, 2.05) is 29.2 Å². The Bertz CT molecular complexity index is 878. The van der Waals surface area contributed by atoms with E-state index in [9.17, 15) is 0 Å². The summed E-state index contributed by atoms with van der Waals surface area (Å²) < 4.78 is 9.63. The van der Waals surface area contributed by atoms with Gasteiger partial charge in [-0.3, -0.25) is 4.68 Å². The average molecular weight is 338 g/mol. The van der Waals surface area contributed by atoms with Crippen molar-refractivity contribution in [3.8, 4) is 0 Å². The van der Waals surface area contributed by atoms with Crippen molar-refractivity contribution in [2.45, 2.75) is 32.0 Å². The third kappa shape index (κ3) is 2.54. The van der Waals surface area contributed by atoms with Gasteiger partial charge in [0.05, 0.1) is 36.1 Å². The van der Waals surface area contributed by atoms with Crippen molar-refractivity contribution in [2.75, 3.05) is 19.8 Å². The third-order valence-electron chi connectivity index (χ3n) is 5.71. The molecule has 0 saturated carbocycles. The van der Waals surface area contributed by atoms with E-state index in [4.69, 9.17) is 4.74 Å². The second-order valence-electron chi connectivity index (χ2n) is 7.12. The molecule has 7 nitrogen and oxygen atoms in total. The van der Waals surface area contributed by atoms with Crippen LogP contribution in [-0.2, 0) is 17.8 Å². The van der Waals surface area contributed by atoms with Gasteiger partial charge in [-0.1, -0.05) is 17.3 Å². The van der Waals surface area contributed by atoms with Crippen LogP contribution >= 0.6 is 0 Å². The second-order valence-corrected chi connectivity index (χ2v) is 7.12. The van der Waals surface area contributed by atoms with E-state index < -0.39 is 0 Å². The van der Waals surface area contributed by atoms with Gasteiger partial charge in [0.15, 0.2) is 0 Å². The Morgan fingerprint density at radius 1 is 1.20 bits per heavy atom. The fourth-order valence-corrected chi connectivity index (χ4v) is 4.11. The van der Waals surface area contributed by atoms with Crippen molar-refractivity contribution < 1.29 is 4.74 Å². The van der Waals surface area contributed by atoms with E-state index in [-0.39, 0.29) is 0 Å². The number of fused-ring (bicyclic) bond motifs is 1. The summed E-state index contributed by atoms with van der Waals surface area (Å²) in [6, 6.07) is 8.52. The molecular formula is C18H22N6O. The van der Waals surface area contributed by atoms with Gasteiger partial charge in [-0.15, -0.1) is 5.10 Å². The van der Waals surface area contributed by atoms with Crippen LogP contribution in [0, 0.1) is 5.41 Å². The predicted molar refractivity (Wildman–Crippen MR) is 93.0 cm³/mol. The number of nitrogens with one attached hydrogen (secondary N) is 1. The fourth-order valence-electron chi connectivity index (χ4n) is 4.11. The van der Waals surface area contributed by atoms with Crippen molar-refractivity contribution in [1.82, 2.24) is 29.9 Å². The van der Waals surface area contributed by atoms with Crippen LogP contribution in [0.15, 0.2) is 36.8 Å². The molecule has 5 rings (SSSR count). The number of aryl methyl sites for hydroxylation is 2. The molecule has 1 aromatic carbocycles. The minimum atomic E-state index is 0.319. The maximum absolute atomic E-state index is 5.53. The Morgan fingerprint density at radius 2 is 2.08 bits per heavy atom. The van der Waals surface area contributed by atoms with E-state index in [1.54, 1.807) is 0 Å². The highest BCUT2D eigenvalue weighted by Gasteiger charge is 2.49. The van der Waals surface area contributed by atoms with Gasteiger partial charge in [0, 0.05) is 31.7 Å². The van der Waals surface area contributed by atoms with Gasteiger partial charge in [0.2, 0.25) is 0 Å². The van der Waals surface area contributed by atoms with Crippen LogP contribution in [-0.4, -0.2) is 44.3 Å². The summed E-state index contributed by atoms with van der Waals surface area (Å²) in [6.07, 6.45) is 6.21. The molecule has 0 amide bonds. The highest BCUT2D eigenvalue weighted by molar-refractivity contribution is 5.74. The zero-order valence-corrected chi connectivity index (χ0v) is 14.1. The monoisotopic (exact) mass is 338 g/mol. The van der Waals surface area contributed by atoms with Crippen molar-refractivity contribution >= 4 is 11.0 Å². The number of benzene rings is 1. The van der Waals surface area contributed by atoms with Gasteiger partial charge >= 0.3 is 0 Å². The van der Waals surface area contributed by atoms with Crippen LogP contribution in [0.5, 0.6) is 0 Å². The quantitative estimate of drug-likeness (QED) is 0.785. The van der Waals surface area contributed by atoms with Crippen molar-refractivity contribution in [1.29, 1.82) is 0 Å². The van der Waals surface area contributed by atoms with Crippen LogP contribution in [0.25, 0.3) is 11.0 Å². The normalized spacial score (nSPS) is 22.3. The maximum atomic E-state index is 5.53. The first kappa shape index (κ1) is 15.0. The number of nitrogens with zero attached hydrogens (tertiary/aromatic N) is 5. The van der Waals surface area contributed by atoms with Gasteiger partial charge in [-0.05, 0) is 25.0 Å². The minimum Gasteiger partial charge on any atom is -0.381 e. The average Bonchev–Trinajstić information content (AvgIpc) is 3.27. The summed E-state index contributed by atoms with van der Waals surface area (Å²) in [5.74, 6) is 0. The zero-order valence-electron chi connectivity index (χ0n) is 14.1. The number of hydrogen-bond acceptors (Lipinski definition) is 5. The lowest BCUT2D eigenvalue weighted by Crippen LogP contribution is -2.58. The number of hydrogen-bond donors (Lipinski definition) is 1. The molecule has 2 saturated heterocycles. The summed E-state index contributed by atoms with van der Waals surface area (Å²) in [4.78, 5) is 4.44. The molecule has 1 spiro atoms. The van der Waals surface area contributed by atoms with E-state index >= 15 is 0 Å². The molecule has 0 aliphatic carbocycles. The largest absolute Gasteiger partial charge is 0.381 e. The maximum Gasteiger partial charge on any atom is 0.100 e. The van der Waals surface area contributed by atoms with Crippen LogP contribution in [0.1, 0.15) is 24.6 Å². The Hall–Kier alpha value is -2.25. The summed E-state index contributed by atoms with van der Waals surface area (Å²) in [6.45, 7) is 4.41. The van der Waals surface area contributed by atoms with Crippen LogP contribution in [0.3, 0.4) is 0 Å². The first-order chi connectivity index (χ1) is 12.3. The second kappa shape index (κ2) is 5.93. The SMILES string of the molecule is c1ccc2c(c1)ncn2CCn1cc(C2NCC23CCOCC3)nn1. The molecule has 2 aliphatic rings. The first-order valence-electron chi connectivity index (χ1n) is 8.95. The molecule has 2 fully saturated rings. The van der Waals surface area contributed by atoms with E-state index in [1.165, 1.54) is 0 Å². The number of para-hydroxylation sites is 2. The fraction of sp³-hybridized carbons (Fsp3) is 0.500. The Morgan fingerprint density at radius 3 is 2.92 bits per heavy atom. The zero-order chi connectivity index (χ0) is 16.7. The lowest BCUT2D eigenvalue weighted by molar-refractivity contribution is -0.0491. The van der Waals surface area contributed by atoms with Gasteiger partial charge in [-0.25, -0.2) is 4.98 Å². The summed E-state index contributed by atoms with van der Waals surface area (Å²) in [5, 5.41) is 12.3.